The predicted molar refractivity (Wildman–Crippen MR) is 56.9 cm³/mol. The van der Waals surface area contributed by atoms with Crippen molar-refractivity contribution < 1.29 is 24.5 Å². The fourth-order valence-corrected chi connectivity index (χ4v) is 1.94. The lowest BCUT2D eigenvalue weighted by atomic mass is 9.98. The van der Waals surface area contributed by atoms with Crippen LogP contribution in [0.4, 0.5) is 4.39 Å². The zero-order valence-corrected chi connectivity index (χ0v) is 9.53. The fourth-order valence-electron chi connectivity index (χ4n) is 1.27. The molecule has 0 heterocycles. The van der Waals surface area contributed by atoms with Gasteiger partial charge in [0, 0.05) is 18.2 Å². The maximum absolute atomic E-state index is 13.5. The monoisotopic (exact) mass is 293 g/mol. The van der Waals surface area contributed by atoms with E-state index < -0.39 is 29.2 Å². The average molecular weight is 294 g/mol. The summed E-state index contributed by atoms with van der Waals surface area (Å²) in [6, 6.07) is 0.640. The second-order valence-electron chi connectivity index (χ2n) is 3.08. The zero-order valence-electron chi connectivity index (χ0n) is 7.94. The van der Waals surface area contributed by atoms with Crippen molar-refractivity contribution in [1.29, 1.82) is 0 Å². The average Bonchev–Trinajstić information content (AvgIpc) is 2.20. The Morgan fingerprint density at radius 2 is 2.12 bits per heavy atom. The number of hydrogen-bond acceptors (Lipinski definition) is 4. The highest BCUT2D eigenvalue weighted by Gasteiger charge is 2.27. The molecule has 1 unspecified atom stereocenters. The van der Waals surface area contributed by atoms with E-state index in [4.69, 9.17) is 15.9 Å². The normalized spacial score (nSPS) is 12.4. The first-order valence-electron chi connectivity index (χ1n) is 4.22. The van der Waals surface area contributed by atoms with Crippen molar-refractivity contribution in [3.8, 4) is 11.5 Å². The van der Waals surface area contributed by atoms with E-state index in [-0.39, 0.29) is 16.6 Å². The molecule has 0 radical (unpaired) electrons. The van der Waals surface area contributed by atoms with Gasteiger partial charge in [-0.05, 0) is 15.9 Å². The number of carboxylic acids is 1. The largest absolute Gasteiger partial charge is 0.504 e. The molecule has 1 rings (SSSR count). The van der Waals surface area contributed by atoms with Crippen molar-refractivity contribution in [3.05, 3.63) is 21.9 Å². The molecular weight excluding hydrogens is 285 g/mol. The second-order valence-corrected chi connectivity index (χ2v) is 3.87. The Kier molecular flexibility index (Phi) is 3.71. The molecule has 1 aromatic carbocycles. The minimum Gasteiger partial charge on any atom is -0.504 e. The number of carbonyl (C=O) groups is 1. The van der Waals surface area contributed by atoms with Crippen molar-refractivity contribution in [2.45, 2.75) is 5.92 Å². The van der Waals surface area contributed by atoms with Crippen LogP contribution < -0.4 is 5.73 Å². The molecule has 5 N–H and O–H groups in total. The topological polar surface area (TPSA) is 104 Å². The number of nitrogens with two attached hydrogens (primary N) is 1. The zero-order chi connectivity index (χ0) is 12.5. The minimum atomic E-state index is -1.31. The molecular formula is C9H9BrFNO4. The summed E-state index contributed by atoms with van der Waals surface area (Å²) >= 11 is 2.82. The first-order chi connectivity index (χ1) is 7.40. The standard InChI is InChI=1S/C9H9BrFNO4/c10-7-6(3(2-12)9(15)16)4(11)1-5(13)8(7)14/h1,3,13-14H,2,12H2,(H,15,16). The van der Waals surface area contributed by atoms with Gasteiger partial charge in [-0.1, -0.05) is 0 Å². The Balaban J connectivity index is 3.43. The number of carboxylic acid groups (broad SMARTS) is 1. The van der Waals surface area contributed by atoms with E-state index in [1.807, 2.05) is 0 Å². The summed E-state index contributed by atoms with van der Waals surface area (Å²) in [6.45, 7) is -0.324. The third-order valence-corrected chi connectivity index (χ3v) is 2.89. The molecule has 0 aromatic heterocycles. The predicted octanol–water partition coefficient (Wildman–Crippen LogP) is 1.13. The van der Waals surface area contributed by atoms with Gasteiger partial charge in [-0.15, -0.1) is 0 Å². The van der Waals surface area contributed by atoms with Gasteiger partial charge in [0.05, 0.1) is 10.4 Å². The molecule has 1 aromatic rings. The molecule has 0 saturated carbocycles. The first kappa shape index (κ1) is 12.7. The highest BCUT2D eigenvalue weighted by molar-refractivity contribution is 9.10. The Bertz CT molecular complexity index is 438. The first-order valence-corrected chi connectivity index (χ1v) is 5.02. The van der Waals surface area contributed by atoms with Crippen LogP contribution in [0.1, 0.15) is 11.5 Å². The van der Waals surface area contributed by atoms with Crippen LogP contribution >= 0.6 is 15.9 Å². The van der Waals surface area contributed by atoms with Gasteiger partial charge in [0.15, 0.2) is 11.5 Å². The van der Waals surface area contributed by atoms with E-state index in [1.54, 1.807) is 0 Å². The lowest BCUT2D eigenvalue weighted by Gasteiger charge is -2.14. The van der Waals surface area contributed by atoms with Gasteiger partial charge >= 0.3 is 5.97 Å². The SMILES string of the molecule is NCC(C(=O)O)c1c(F)cc(O)c(O)c1Br. The van der Waals surface area contributed by atoms with E-state index in [1.165, 1.54) is 0 Å². The van der Waals surface area contributed by atoms with Crippen LogP contribution in [0.25, 0.3) is 0 Å². The van der Waals surface area contributed by atoms with Crippen molar-refractivity contribution in [1.82, 2.24) is 0 Å². The van der Waals surface area contributed by atoms with E-state index in [0.717, 1.165) is 0 Å². The molecule has 0 aliphatic carbocycles. The van der Waals surface area contributed by atoms with E-state index >= 15 is 0 Å². The lowest BCUT2D eigenvalue weighted by molar-refractivity contribution is -0.138. The Labute approximate surface area is 98.4 Å². The number of aromatic hydroxyl groups is 2. The Hall–Kier alpha value is -1.34. The number of benzene rings is 1. The maximum atomic E-state index is 13.5. The Morgan fingerprint density at radius 1 is 1.56 bits per heavy atom. The highest BCUT2D eigenvalue weighted by atomic mass is 79.9. The van der Waals surface area contributed by atoms with Crippen LogP contribution in [0.3, 0.4) is 0 Å². The molecule has 0 fully saturated rings. The van der Waals surface area contributed by atoms with Gasteiger partial charge in [0.2, 0.25) is 0 Å². The number of halogens is 2. The summed E-state index contributed by atoms with van der Waals surface area (Å²) in [5.41, 5.74) is 4.93. The van der Waals surface area contributed by atoms with Crippen LogP contribution in [0, 0.1) is 5.82 Å². The van der Waals surface area contributed by atoms with E-state index in [0.29, 0.717) is 6.07 Å². The molecule has 0 aliphatic heterocycles. The van der Waals surface area contributed by atoms with Gasteiger partial charge in [0.25, 0.3) is 0 Å². The summed E-state index contributed by atoms with van der Waals surface area (Å²) in [7, 11) is 0. The summed E-state index contributed by atoms with van der Waals surface area (Å²) < 4.78 is 13.3. The number of phenolic OH excluding ortho intramolecular Hbond substituents is 2. The molecule has 0 spiro atoms. The van der Waals surface area contributed by atoms with Crippen molar-refractivity contribution >= 4 is 21.9 Å². The van der Waals surface area contributed by atoms with Gasteiger partial charge in [-0.3, -0.25) is 4.79 Å². The maximum Gasteiger partial charge on any atom is 0.312 e. The summed E-state index contributed by atoms with van der Waals surface area (Å²) in [5.74, 6) is -4.83. The van der Waals surface area contributed by atoms with Gasteiger partial charge < -0.3 is 21.1 Å². The van der Waals surface area contributed by atoms with Crippen LogP contribution in [0.2, 0.25) is 0 Å². The third-order valence-electron chi connectivity index (χ3n) is 2.09. The minimum absolute atomic E-state index is 0.206. The van der Waals surface area contributed by atoms with Crippen LogP contribution in [0.5, 0.6) is 11.5 Å². The number of hydrogen-bond donors (Lipinski definition) is 4. The summed E-state index contributed by atoms with van der Waals surface area (Å²) in [4.78, 5) is 10.8. The van der Waals surface area contributed by atoms with Crippen molar-refractivity contribution in [2.24, 2.45) is 5.73 Å². The van der Waals surface area contributed by atoms with E-state index in [9.17, 15) is 14.3 Å². The molecule has 0 bridgehead atoms. The van der Waals surface area contributed by atoms with Gasteiger partial charge in [0.1, 0.15) is 5.82 Å². The quantitative estimate of drug-likeness (QED) is 0.626. The highest BCUT2D eigenvalue weighted by Crippen LogP contribution is 2.40. The Morgan fingerprint density at radius 3 is 2.56 bits per heavy atom. The molecule has 5 nitrogen and oxygen atoms in total. The van der Waals surface area contributed by atoms with Crippen LogP contribution in [-0.2, 0) is 4.79 Å². The van der Waals surface area contributed by atoms with Gasteiger partial charge in [-0.25, -0.2) is 4.39 Å². The molecule has 1 atom stereocenters. The number of rotatable bonds is 3. The molecule has 0 saturated heterocycles. The molecule has 16 heavy (non-hydrogen) atoms. The number of aliphatic carboxylic acids is 1. The van der Waals surface area contributed by atoms with E-state index in [2.05, 4.69) is 15.9 Å². The molecule has 0 amide bonds. The third kappa shape index (κ3) is 2.10. The molecule has 0 aliphatic rings. The van der Waals surface area contributed by atoms with Crippen LogP contribution in [-0.4, -0.2) is 27.8 Å². The molecule has 7 heteroatoms. The fraction of sp³-hybridized carbons (Fsp3) is 0.222. The summed E-state index contributed by atoms with van der Waals surface area (Å²) in [5, 5.41) is 27.3. The molecule has 88 valence electrons. The lowest BCUT2D eigenvalue weighted by Crippen LogP contribution is -2.22. The van der Waals surface area contributed by atoms with Gasteiger partial charge in [-0.2, -0.15) is 0 Å². The number of phenols is 2. The van der Waals surface area contributed by atoms with Crippen LogP contribution in [0.15, 0.2) is 10.5 Å². The van der Waals surface area contributed by atoms with Crippen molar-refractivity contribution in [2.75, 3.05) is 6.54 Å². The second kappa shape index (κ2) is 4.67. The smallest absolute Gasteiger partial charge is 0.312 e. The van der Waals surface area contributed by atoms with Crippen molar-refractivity contribution in [3.63, 3.8) is 0 Å². The summed E-state index contributed by atoms with van der Waals surface area (Å²) in [6.07, 6.45) is 0.